The average molecular weight is 211 g/mol. The molecule has 1 aromatic heterocycles. The highest BCUT2D eigenvalue weighted by Gasteiger charge is 2.24. The van der Waals surface area contributed by atoms with Gasteiger partial charge in [0.25, 0.3) is 0 Å². The molecule has 0 radical (unpaired) electrons. The number of aryl methyl sites for hydroxylation is 2. The molecule has 1 rings (SSSR count). The highest BCUT2D eigenvalue weighted by atomic mass is 16.6. The van der Waals surface area contributed by atoms with Gasteiger partial charge >= 0.3 is 5.97 Å². The third kappa shape index (κ3) is 2.81. The normalized spacial score (nSPS) is 11.5. The van der Waals surface area contributed by atoms with Gasteiger partial charge in [-0.05, 0) is 34.1 Å². The van der Waals surface area contributed by atoms with Gasteiger partial charge in [0, 0.05) is 0 Å². The van der Waals surface area contributed by atoms with Gasteiger partial charge in [0.15, 0.2) is 0 Å². The van der Waals surface area contributed by atoms with Crippen LogP contribution in [0.4, 0.5) is 0 Å². The van der Waals surface area contributed by atoms with E-state index in [0.717, 1.165) is 0 Å². The number of nitrogens with zero attached hydrogens (tertiary/aromatic N) is 1. The van der Waals surface area contributed by atoms with Crippen LogP contribution in [0, 0.1) is 6.92 Å². The lowest BCUT2D eigenvalue weighted by molar-refractivity contribution is 0.00668. The smallest absolute Gasteiger partial charge is 0.344 e. The monoisotopic (exact) mass is 211 g/mol. The summed E-state index contributed by atoms with van der Waals surface area (Å²) in [5, 5.41) is 3.81. The summed E-state index contributed by atoms with van der Waals surface area (Å²) in [6.07, 6.45) is 0.659. The molecule has 0 aliphatic carbocycles. The van der Waals surface area contributed by atoms with Crippen molar-refractivity contribution in [2.45, 2.75) is 46.6 Å². The quantitative estimate of drug-likeness (QED) is 0.705. The number of esters is 1. The number of aromatic nitrogens is 1. The molecule has 0 saturated heterocycles. The van der Waals surface area contributed by atoms with Gasteiger partial charge in [-0.3, -0.25) is 0 Å². The Hall–Kier alpha value is -1.32. The van der Waals surface area contributed by atoms with Crippen molar-refractivity contribution in [3.8, 4) is 0 Å². The third-order valence-corrected chi connectivity index (χ3v) is 1.87. The van der Waals surface area contributed by atoms with Gasteiger partial charge in [0.2, 0.25) is 0 Å². The molecule has 4 nitrogen and oxygen atoms in total. The van der Waals surface area contributed by atoms with E-state index in [2.05, 4.69) is 5.16 Å². The molecular formula is C11H17NO3. The maximum absolute atomic E-state index is 11.8. The summed E-state index contributed by atoms with van der Waals surface area (Å²) in [4.78, 5) is 11.8. The largest absolute Gasteiger partial charge is 0.456 e. The first-order valence-corrected chi connectivity index (χ1v) is 5.03. The molecule has 4 heteroatoms. The van der Waals surface area contributed by atoms with Gasteiger partial charge in [0.05, 0.1) is 5.69 Å². The van der Waals surface area contributed by atoms with Gasteiger partial charge in [0.1, 0.15) is 16.9 Å². The second kappa shape index (κ2) is 4.04. The van der Waals surface area contributed by atoms with E-state index in [1.165, 1.54) is 0 Å². The molecule has 15 heavy (non-hydrogen) atoms. The van der Waals surface area contributed by atoms with Crippen molar-refractivity contribution in [2.24, 2.45) is 0 Å². The van der Waals surface area contributed by atoms with E-state index in [-0.39, 0.29) is 5.97 Å². The Morgan fingerprint density at radius 2 is 2.07 bits per heavy atom. The number of hydrogen-bond acceptors (Lipinski definition) is 4. The van der Waals surface area contributed by atoms with Crippen LogP contribution in [0.25, 0.3) is 0 Å². The van der Waals surface area contributed by atoms with Crippen LogP contribution >= 0.6 is 0 Å². The number of rotatable bonds is 2. The standard InChI is InChI=1S/C11H17NO3/c1-6-8-9(7(2)15-12-8)10(13)14-11(3,4)5/h6H2,1-5H3. The van der Waals surface area contributed by atoms with Gasteiger partial charge in [-0.25, -0.2) is 4.79 Å². The van der Waals surface area contributed by atoms with Crippen molar-refractivity contribution in [3.05, 3.63) is 17.0 Å². The predicted octanol–water partition coefficient (Wildman–Crippen LogP) is 2.50. The molecule has 0 aromatic carbocycles. The van der Waals surface area contributed by atoms with Crippen LogP contribution in [0.2, 0.25) is 0 Å². The van der Waals surface area contributed by atoms with Gasteiger partial charge in [-0.15, -0.1) is 0 Å². The molecule has 1 aromatic rings. The Labute approximate surface area is 89.6 Å². The van der Waals surface area contributed by atoms with Crippen LogP contribution in [0.3, 0.4) is 0 Å². The van der Waals surface area contributed by atoms with Crippen LogP contribution < -0.4 is 0 Å². The molecule has 0 fully saturated rings. The van der Waals surface area contributed by atoms with Crippen LogP contribution in [0.1, 0.15) is 49.5 Å². The molecule has 0 N–H and O–H groups in total. The fraction of sp³-hybridized carbons (Fsp3) is 0.636. The lowest BCUT2D eigenvalue weighted by atomic mass is 10.1. The summed E-state index contributed by atoms with van der Waals surface area (Å²) in [6.45, 7) is 9.13. The second-order valence-electron chi connectivity index (χ2n) is 4.42. The molecule has 1 heterocycles. The SMILES string of the molecule is CCc1noc(C)c1C(=O)OC(C)(C)C. The summed E-state index contributed by atoms with van der Waals surface area (Å²) in [5.74, 6) is 0.152. The van der Waals surface area contributed by atoms with Crippen LogP contribution in [-0.2, 0) is 11.2 Å². The Bertz CT molecular complexity index is 360. The Balaban J connectivity index is 2.95. The number of ether oxygens (including phenoxy) is 1. The molecule has 0 atom stereocenters. The first-order chi connectivity index (χ1) is 6.85. The van der Waals surface area contributed by atoms with Crippen molar-refractivity contribution in [1.82, 2.24) is 5.16 Å². The fourth-order valence-corrected chi connectivity index (χ4v) is 1.25. The van der Waals surface area contributed by atoms with Crippen molar-refractivity contribution in [1.29, 1.82) is 0 Å². The summed E-state index contributed by atoms with van der Waals surface area (Å²) < 4.78 is 10.2. The molecule has 0 amide bonds. The van der Waals surface area contributed by atoms with Crippen molar-refractivity contribution in [3.63, 3.8) is 0 Å². The summed E-state index contributed by atoms with van der Waals surface area (Å²) in [7, 11) is 0. The Kier molecular flexibility index (Phi) is 3.17. The molecular weight excluding hydrogens is 194 g/mol. The molecule has 0 spiro atoms. The van der Waals surface area contributed by atoms with Crippen molar-refractivity contribution in [2.75, 3.05) is 0 Å². The van der Waals surface area contributed by atoms with Crippen molar-refractivity contribution >= 4 is 5.97 Å². The van der Waals surface area contributed by atoms with Crippen molar-refractivity contribution < 1.29 is 14.1 Å². The lowest BCUT2D eigenvalue weighted by Gasteiger charge is -2.19. The molecule has 0 saturated carbocycles. The molecule has 84 valence electrons. The van der Waals surface area contributed by atoms with Crippen LogP contribution in [0.5, 0.6) is 0 Å². The Morgan fingerprint density at radius 3 is 2.53 bits per heavy atom. The van der Waals surface area contributed by atoms with E-state index in [1.54, 1.807) is 6.92 Å². The lowest BCUT2D eigenvalue weighted by Crippen LogP contribution is -2.24. The zero-order valence-electron chi connectivity index (χ0n) is 9.88. The zero-order valence-corrected chi connectivity index (χ0v) is 9.88. The van der Waals surface area contributed by atoms with Gasteiger partial charge in [-0.2, -0.15) is 0 Å². The molecule has 0 aliphatic rings. The van der Waals surface area contributed by atoms with E-state index >= 15 is 0 Å². The van der Waals surface area contributed by atoms with E-state index in [9.17, 15) is 4.79 Å². The number of carbonyl (C=O) groups is 1. The summed E-state index contributed by atoms with van der Waals surface area (Å²) >= 11 is 0. The second-order valence-corrected chi connectivity index (χ2v) is 4.42. The zero-order chi connectivity index (χ0) is 11.6. The summed E-state index contributed by atoms with van der Waals surface area (Å²) in [5.41, 5.74) is 0.625. The molecule has 0 bridgehead atoms. The average Bonchev–Trinajstić information content (AvgIpc) is 2.43. The van der Waals surface area contributed by atoms with Gasteiger partial charge in [-0.1, -0.05) is 12.1 Å². The minimum Gasteiger partial charge on any atom is -0.456 e. The number of hydrogen-bond donors (Lipinski definition) is 0. The molecule has 0 aliphatic heterocycles. The summed E-state index contributed by atoms with van der Waals surface area (Å²) in [6, 6.07) is 0. The van der Waals surface area contributed by atoms with E-state index in [0.29, 0.717) is 23.4 Å². The van der Waals surface area contributed by atoms with Crippen LogP contribution in [0.15, 0.2) is 4.52 Å². The van der Waals surface area contributed by atoms with E-state index < -0.39 is 5.60 Å². The number of carbonyl (C=O) groups excluding carboxylic acids is 1. The predicted molar refractivity (Wildman–Crippen MR) is 55.8 cm³/mol. The third-order valence-electron chi connectivity index (χ3n) is 1.87. The minimum absolute atomic E-state index is 0.363. The van der Waals surface area contributed by atoms with E-state index in [4.69, 9.17) is 9.26 Å². The minimum atomic E-state index is -0.494. The van der Waals surface area contributed by atoms with Gasteiger partial charge < -0.3 is 9.26 Å². The topological polar surface area (TPSA) is 52.3 Å². The fourth-order valence-electron chi connectivity index (χ4n) is 1.25. The van der Waals surface area contributed by atoms with E-state index in [1.807, 2.05) is 27.7 Å². The Morgan fingerprint density at radius 1 is 1.47 bits per heavy atom. The molecule has 0 unspecified atom stereocenters. The maximum atomic E-state index is 11.8. The maximum Gasteiger partial charge on any atom is 0.344 e. The highest BCUT2D eigenvalue weighted by Crippen LogP contribution is 2.18. The van der Waals surface area contributed by atoms with Crippen LogP contribution in [-0.4, -0.2) is 16.7 Å². The first kappa shape index (κ1) is 11.8. The first-order valence-electron chi connectivity index (χ1n) is 5.03. The highest BCUT2D eigenvalue weighted by molar-refractivity contribution is 5.91.